The largest absolute Gasteiger partial charge is 0.493 e. The zero-order valence-electron chi connectivity index (χ0n) is 14.3. The van der Waals surface area contributed by atoms with Gasteiger partial charge in [0.2, 0.25) is 4.77 Å². The maximum absolute atomic E-state index is 13.7. The Morgan fingerprint density at radius 3 is 2.77 bits per heavy atom. The summed E-state index contributed by atoms with van der Waals surface area (Å²) in [4.78, 5) is 0. The zero-order chi connectivity index (χ0) is 18.5. The van der Waals surface area contributed by atoms with Gasteiger partial charge in [0.05, 0.1) is 13.3 Å². The standard InChI is InChI=1S/C18H17FN4O2S/c1-12-21-22-18(26)23(12)20-10-13-7-8-16(17(9-13)24-2)25-11-14-5-3-4-6-15(14)19/h3-10H,11H2,1-2H3,(H,22,26)/b20-10-. The van der Waals surface area contributed by atoms with E-state index in [1.807, 2.05) is 6.07 Å². The number of methoxy groups -OCH3 is 1. The molecule has 1 heterocycles. The van der Waals surface area contributed by atoms with Gasteiger partial charge in [-0.05, 0) is 49.0 Å². The molecule has 0 spiro atoms. The molecule has 0 aliphatic carbocycles. The number of H-pyrrole nitrogens is 1. The van der Waals surface area contributed by atoms with Crippen molar-refractivity contribution in [1.82, 2.24) is 14.9 Å². The first-order chi connectivity index (χ1) is 12.6. The number of halogens is 1. The molecule has 134 valence electrons. The Bertz CT molecular complexity index is 997. The van der Waals surface area contributed by atoms with E-state index in [1.165, 1.54) is 10.7 Å². The molecule has 0 saturated carbocycles. The van der Waals surface area contributed by atoms with Crippen molar-refractivity contribution in [3.8, 4) is 11.5 Å². The second-order valence-electron chi connectivity index (χ2n) is 5.42. The van der Waals surface area contributed by atoms with Crippen molar-refractivity contribution in [2.75, 3.05) is 7.11 Å². The van der Waals surface area contributed by atoms with E-state index in [0.717, 1.165) is 5.56 Å². The maximum Gasteiger partial charge on any atom is 0.216 e. The fraction of sp³-hybridized carbons (Fsp3) is 0.167. The second kappa shape index (κ2) is 7.92. The first-order valence-corrected chi connectivity index (χ1v) is 8.22. The Labute approximate surface area is 154 Å². The van der Waals surface area contributed by atoms with Gasteiger partial charge >= 0.3 is 0 Å². The molecule has 1 aromatic heterocycles. The van der Waals surface area contributed by atoms with Crippen molar-refractivity contribution in [1.29, 1.82) is 0 Å². The topological polar surface area (TPSA) is 64.4 Å². The van der Waals surface area contributed by atoms with Crippen molar-refractivity contribution < 1.29 is 13.9 Å². The highest BCUT2D eigenvalue weighted by Crippen LogP contribution is 2.28. The van der Waals surface area contributed by atoms with Crippen molar-refractivity contribution in [2.24, 2.45) is 5.10 Å². The number of aryl methyl sites for hydroxylation is 1. The first kappa shape index (κ1) is 17.8. The fourth-order valence-electron chi connectivity index (χ4n) is 2.29. The number of hydrogen-bond donors (Lipinski definition) is 1. The van der Waals surface area contributed by atoms with Crippen LogP contribution in [0.3, 0.4) is 0 Å². The molecule has 26 heavy (non-hydrogen) atoms. The number of ether oxygens (including phenoxy) is 2. The summed E-state index contributed by atoms with van der Waals surface area (Å²) < 4.78 is 26.7. The van der Waals surface area contributed by atoms with Gasteiger partial charge in [-0.25, -0.2) is 4.39 Å². The molecule has 0 saturated heterocycles. The third-order valence-corrected chi connectivity index (χ3v) is 3.93. The lowest BCUT2D eigenvalue weighted by molar-refractivity contribution is 0.279. The van der Waals surface area contributed by atoms with Gasteiger partial charge in [-0.3, -0.25) is 5.10 Å². The van der Waals surface area contributed by atoms with Crippen LogP contribution in [0.2, 0.25) is 0 Å². The van der Waals surface area contributed by atoms with E-state index < -0.39 is 0 Å². The van der Waals surface area contributed by atoms with Crippen LogP contribution in [0.4, 0.5) is 4.39 Å². The number of rotatable bonds is 6. The number of nitrogens with zero attached hydrogens (tertiary/aromatic N) is 3. The predicted octanol–water partition coefficient (Wildman–Crippen LogP) is 3.86. The van der Waals surface area contributed by atoms with Gasteiger partial charge in [0.15, 0.2) is 11.5 Å². The van der Waals surface area contributed by atoms with Crippen LogP contribution < -0.4 is 9.47 Å². The van der Waals surface area contributed by atoms with Crippen LogP contribution >= 0.6 is 12.2 Å². The Morgan fingerprint density at radius 1 is 1.27 bits per heavy atom. The van der Waals surface area contributed by atoms with Crippen LogP contribution in [-0.4, -0.2) is 28.2 Å². The minimum atomic E-state index is -0.303. The van der Waals surface area contributed by atoms with Crippen molar-refractivity contribution in [2.45, 2.75) is 13.5 Å². The maximum atomic E-state index is 13.7. The number of aromatic nitrogens is 3. The first-order valence-electron chi connectivity index (χ1n) is 7.81. The van der Waals surface area contributed by atoms with E-state index in [4.69, 9.17) is 21.7 Å². The summed E-state index contributed by atoms with van der Waals surface area (Å²) >= 11 is 5.10. The molecule has 0 fully saturated rings. The van der Waals surface area contributed by atoms with E-state index in [-0.39, 0.29) is 12.4 Å². The summed E-state index contributed by atoms with van der Waals surface area (Å²) in [5.41, 5.74) is 1.27. The minimum absolute atomic E-state index is 0.111. The minimum Gasteiger partial charge on any atom is -0.493 e. The van der Waals surface area contributed by atoms with E-state index in [2.05, 4.69) is 15.3 Å². The smallest absolute Gasteiger partial charge is 0.216 e. The van der Waals surface area contributed by atoms with Crippen LogP contribution in [0.15, 0.2) is 47.6 Å². The molecular weight excluding hydrogens is 355 g/mol. The van der Waals surface area contributed by atoms with Gasteiger partial charge in [0.1, 0.15) is 18.2 Å². The van der Waals surface area contributed by atoms with E-state index >= 15 is 0 Å². The zero-order valence-corrected chi connectivity index (χ0v) is 15.1. The highest BCUT2D eigenvalue weighted by atomic mass is 32.1. The van der Waals surface area contributed by atoms with E-state index in [1.54, 1.807) is 50.6 Å². The van der Waals surface area contributed by atoms with Crippen molar-refractivity contribution >= 4 is 18.4 Å². The predicted molar refractivity (Wildman–Crippen MR) is 98.9 cm³/mol. The summed E-state index contributed by atoms with van der Waals surface area (Å²) in [6, 6.07) is 11.8. The average molecular weight is 372 g/mol. The number of aromatic amines is 1. The molecular formula is C18H17FN4O2S. The molecule has 0 aliphatic heterocycles. The molecule has 3 aromatic rings. The monoisotopic (exact) mass is 372 g/mol. The highest BCUT2D eigenvalue weighted by Gasteiger charge is 2.08. The Hall–Kier alpha value is -3.00. The van der Waals surface area contributed by atoms with Gasteiger partial charge in [-0.15, -0.1) is 0 Å². The third kappa shape index (κ3) is 3.97. The lowest BCUT2D eigenvalue weighted by Crippen LogP contribution is -2.00. The van der Waals surface area contributed by atoms with Crippen LogP contribution in [0, 0.1) is 17.5 Å². The van der Waals surface area contributed by atoms with E-state index in [9.17, 15) is 4.39 Å². The molecule has 0 aliphatic rings. The molecule has 8 heteroatoms. The van der Waals surface area contributed by atoms with Gasteiger partial charge in [0, 0.05) is 5.56 Å². The molecule has 6 nitrogen and oxygen atoms in total. The summed E-state index contributed by atoms with van der Waals surface area (Å²) in [5, 5.41) is 11.0. The van der Waals surface area contributed by atoms with Crippen molar-refractivity contribution in [3.05, 3.63) is 70.0 Å². The molecule has 3 rings (SSSR count). The fourth-order valence-corrected chi connectivity index (χ4v) is 2.51. The van der Waals surface area contributed by atoms with Gasteiger partial charge in [-0.1, -0.05) is 18.2 Å². The van der Waals surface area contributed by atoms with E-state index in [0.29, 0.717) is 27.7 Å². The molecule has 0 amide bonds. The number of hydrogen-bond acceptors (Lipinski definition) is 5. The van der Waals surface area contributed by atoms with Gasteiger partial charge < -0.3 is 9.47 Å². The van der Waals surface area contributed by atoms with Crippen LogP contribution in [0.25, 0.3) is 0 Å². The SMILES string of the molecule is COc1cc(/C=N\n2c(C)n[nH]c2=S)ccc1OCc1ccccc1F. The average Bonchev–Trinajstić information content (AvgIpc) is 2.97. The normalized spacial score (nSPS) is 11.0. The summed E-state index contributed by atoms with van der Waals surface area (Å²) in [7, 11) is 1.54. The van der Waals surface area contributed by atoms with Crippen LogP contribution in [-0.2, 0) is 6.61 Å². The third-order valence-electron chi connectivity index (χ3n) is 3.66. The van der Waals surface area contributed by atoms with Gasteiger partial charge in [0.25, 0.3) is 0 Å². The van der Waals surface area contributed by atoms with Crippen LogP contribution in [0.5, 0.6) is 11.5 Å². The Morgan fingerprint density at radius 2 is 2.08 bits per heavy atom. The van der Waals surface area contributed by atoms with Crippen LogP contribution in [0.1, 0.15) is 17.0 Å². The number of nitrogens with one attached hydrogen (secondary N) is 1. The molecule has 0 atom stereocenters. The molecule has 0 unspecified atom stereocenters. The molecule has 0 radical (unpaired) electrons. The summed E-state index contributed by atoms with van der Waals surface area (Å²) in [5.74, 6) is 1.40. The molecule has 1 N–H and O–H groups in total. The lowest BCUT2D eigenvalue weighted by atomic mass is 10.2. The molecule has 0 bridgehead atoms. The van der Waals surface area contributed by atoms with Crippen molar-refractivity contribution in [3.63, 3.8) is 0 Å². The number of benzene rings is 2. The van der Waals surface area contributed by atoms with Gasteiger partial charge in [-0.2, -0.15) is 14.9 Å². The highest BCUT2D eigenvalue weighted by molar-refractivity contribution is 7.71. The molecule has 2 aromatic carbocycles. The summed E-state index contributed by atoms with van der Waals surface area (Å²) in [6.07, 6.45) is 1.64. The summed E-state index contributed by atoms with van der Waals surface area (Å²) in [6.45, 7) is 1.91. The quantitative estimate of drug-likeness (QED) is 0.527. The second-order valence-corrected chi connectivity index (χ2v) is 5.81. The lowest BCUT2D eigenvalue weighted by Gasteiger charge is -2.11. The Kier molecular flexibility index (Phi) is 5.43. The Balaban J connectivity index is 1.77.